The number of benzene rings is 1. The summed E-state index contributed by atoms with van der Waals surface area (Å²) in [6.45, 7) is 4.74. The van der Waals surface area contributed by atoms with Gasteiger partial charge < -0.3 is 11.1 Å². The standard InChI is InChI=1S/C14H21BrN2O/c1-10-8-11(2)14(12(15)9-10)17-13(18)6-4-3-5-7-16/h8-9H,3-7,16H2,1-2H3,(H,17,18). The van der Waals surface area contributed by atoms with Crippen molar-refractivity contribution in [3.05, 3.63) is 27.7 Å². The molecular formula is C14H21BrN2O. The van der Waals surface area contributed by atoms with Crippen molar-refractivity contribution in [1.29, 1.82) is 0 Å². The maximum atomic E-state index is 11.8. The fraction of sp³-hybridized carbons (Fsp3) is 0.500. The van der Waals surface area contributed by atoms with Crippen LogP contribution in [0.15, 0.2) is 16.6 Å². The van der Waals surface area contributed by atoms with Gasteiger partial charge in [0.15, 0.2) is 0 Å². The van der Waals surface area contributed by atoms with Crippen LogP contribution in [0.5, 0.6) is 0 Å². The summed E-state index contributed by atoms with van der Waals surface area (Å²) in [5.74, 6) is 0.0691. The number of hydrogen-bond acceptors (Lipinski definition) is 2. The smallest absolute Gasteiger partial charge is 0.224 e. The zero-order valence-electron chi connectivity index (χ0n) is 11.1. The lowest BCUT2D eigenvalue weighted by Crippen LogP contribution is -2.13. The summed E-state index contributed by atoms with van der Waals surface area (Å²) in [5, 5.41) is 2.97. The number of hydrogen-bond donors (Lipinski definition) is 2. The van der Waals surface area contributed by atoms with E-state index < -0.39 is 0 Å². The molecule has 0 spiro atoms. The Labute approximate surface area is 117 Å². The number of carbonyl (C=O) groups excluding carboxylic acids is 1. The molecule has 0 heterocycles. The Hall–Kier alpha value is -0.870. The van der Waals surface area contributed by atoms with Gasteiger partial charge in [0.1, 0.15) is 0 Å². The molecule has 0 saturated heterocycles. The molecule has 1 aromatic rings. The van der Waals surface area contributed by atoms with E-state index in [2.05, 4.69) is 27.3 Å². The van der Waals surface area contributed by atoms with E-state index >= 15 is 0 Å². The number of nitrogens with two attached hydrogens (primary N) is 1. The lowest BCUT2D eigenvalue weighted by molar-refractivity contribution is -0.116. The molecule has 1 aromatic carbocycles. The van der Waals surface area contributed by atoms with Gasteiger partial charge in [0.05, 0.1) is 5.69 Å². The number of nitrogens with one attached hydrogen (secondary N) is 1. The van der Waals surface area contributed by atoms with E-state index in [4.69, 9.17) is 5.73 Å². The van der Waals surface area contributed by atoms with Crippen LogP contribution in [-0.2, 0) is 4.79 Å². The van der Waals surface area contributed by atoms with Crippen LogP contribution in [0.1, 0.15) is 36.8 Å². The number of carbonyl (C=O) groups is 1. The molecule has 3 nitrogen and oxygen atoms in total. The first kappa shape index (κ1) is 15.2. The van der Waals surface area contributed by atoms with Gasteiger partial charge in [-0.05, 0) is 66.4 Å². The van der Waals surface area contributed by atoms with Crippen molar-refractivity contribution in [3.63, 3.8) is 0 Å². The Morgan fingerprint density at radius 2 is 2.00 bits per heavy atom. The molecule has 0 aliphatic heterocycles. The van der Waals surface area contributed by atoms with Crippen LogP contribution in [0.3, 0.4) is 0 Å². The summed E-state index contributed by atoms with van der Waals surface area (Å²) in [6, 6.07) is 4.08. The third kappa shape index (κ3) is 4.78. The summed E-state index contributed by atoms with van der Waals surface area (Å²) in [4.78, 5) is 11.8. The summed E-state index contributed by atoms with van der Waals surface area (Å²) >= 11 is 3.49. The van der Waals surface area contributed by atoms with Gasteiger partial charge >= 0.3 is 0 Å². The monoisotopic (exact) mass is 312 g/mol. The SMILES string of the molecule is Cc1cc(C)c(NC(=O)CCCCCN)c(Br)c1. The molecule has 0 saturated carbocycles. The highest BCUT2D eigenvalue weighted by atomic mass is 79.9. The second kappa shape index (κ2) is 7.54. The second-order valence-electron chi connectivity index (χ2n) is 4.59. The van der Waals surface area contributed by atoms with Crippen molar-refractivity contribution >= 4 is 27.5 Å². The minimum absolute atomic E-state index is 0.0691. The Balaban J connectivity index is 2.54. The maximum absolute atomic E-state index is 11.8. The maximum Gasteiger partial charge on any atom is 0.224 e. The number of aryl methyl sites for hydroxylation is 2. The Bertz CT molecular complexity index is 395. The quantitative estimate of drug-likeness (QED) is 0.790. The van der Waals surface area contributed by atoms with Crippen LogP contribution in [0.25, 0.3) is 0 Å². The first-order valence-electron chi connectivity index (χ1n) is 6.31. The number of rotatable bonds is 6. The molecular weight excluding hydrogens is 292 g/mol. The van der Waals surface area contributed by atoms with Crippen LogP contribution in [-0.4, -0.2) is 12.5 Å². The van der Waals surface area contributed by atoms with Crippen LogP contribution in [0, 0.1) is 13.8 Å². The normalized spacial score (nSPS) is 10.4. The third-order valence-electron chi connectivity index (χ3n) is 2.80. The minimum Gasteiger partial charge on any atom is -0.330 e. The molecule has 0 radical (unpaired) electrons. The van der Waals surface area contributed by atoms with Gasteiger partial charge in [0.2, 0.25) is 5.91 Å². The number of unbranched alkanes of at least 4 members (excludes halogenated alkanes) is 2. The van der Waals surface area contributed by atoms with Gasteiger partial charge in [-0.2, -0.15) is 0 Å². The van der Waals surface area contributed by atoms with Gasteiger partial charge in [-0.25, -0.2) is 0 Å². The molecule has 0 atom stereocenters. The number of amides is 1. The molecule has 1 amide bonds. The van der Waals surface area contributed by atoms with Crippen LogP contribution >= 0.6 is 15.9 Å². The summed E-state index contributed by atoms with van der Waals surface area (Å²) in [5.41, 5.74) is 8.56. The lowest BCUT2D eigenvalue weighted by Gasteiger charge is -2.11. The van der Waals surface area contributed by atoms with Crippen molar-refractivity contribution in [2.45, 2.75) is 39.5 Å². The highest BCUT2D eigenvalue weighted by Gasteiger charge is 2.08. The molecule has 100 valence electrons. The molecule has 0 aromatic heterocycles. The Morgan fingerprint density at radius 3 is 2.61 bits per heavy atom. The van der Waals surface area contributed by atoms with Crippen molar-refractivity contribution < 1.29 is 4.79 Å². The Kier molecular flexibility index (Phi) is 6.36. The van der Waals surface area contributed by atoms with Gasteiger partial charge in [-0.3, -0.25) is 4.79 Å². The average molecular weight is 313 g/mol. The van der Waals surface area contributed by atoms with Gasteiger partial charge in [0, 0.05) is 10.9 Å². The largest absolute Gasteiger partial charge is 0.330 e. The number of anilines is 1. The third-order valence-corrected chi connectivity index (χ3v) is 3.43. The minimum atomic E-state index is 0.0691. The molecule has 0 bridgehead atoms. The predicted molar refractivity (Wildman–Crippen MR) is 79.8 cm³/mol. The van der Waals surface area contributed by atoms with E-state index in [1.54, 1.807) is 0 Å². The summed E-state index contributed by atoms with van der Waals surface area (Å²) in [7, 11) is 0. The topological polar surface area (TPSA) is 55.1 Å². The van der Waals surface area contributed by atoms with E-state index in [-0.39, 0.29) is 5.91 Å². The molecule has 0 unspecified atom stereocenters. The first-order valence-corrected chi connectivity index (χ1v) is 7.10. The predicted octanol–water partition coefficient (Wildman–Crippen LogP) is 3.52. The van der Waals surface area contributed by atoms with E-state index in [1.807, 2.05) is 19.9 Å². The van der Waals surface area contributed by atoms with Crippen LogP contribution in [0.4, 0.5) is 5.69 Å². The van der Waals surface area contributed by atoms with Crippen molar-refractivity contribution in [3.8, 4) is 0 Å². The molecule has 18 heavy (non-hydrogen) atoms. The van der Waals surface area contributed by atoms with Crippen molar-refractivity contribution in [2.24, 2.45) is 5.73 Å². The molecule has 0 fully saturated rings. The van der Waals surface area contributed by atoms with Crippen molar-refractivity contribution in [1.82, 2.24) is 0 Å². The fourth-order valence-electron chi connectivity index (χ4n) is 1.88. The zero-order chi connectivity index (χ0) is 13.5. The molecule has 3 N–H and O–H groups in total. The van der Waals surface area contributed by atoms with Gasteiger partial charge in [-0.15, -0.1) is 0 Å². The fourth-order valence-corrected chi connectivity index (χ4v) is 2.66. The van der Waals surface area contributed by atoms with E-state index in [0.717, 1.165) is 35.0 Å². The molecule has 1 rings (SSSR count). The van der Waals surface area contributed by atoms with E-state index in [0.29, 0.717) is 13.0 Å². The van der Waals surface area contributed by atoms with Gasteiger partial charge in [0.25, 0.3) is 0 Å². The summed E-state index contributed by atoms with van der Waals surface area (Å²) < 4.78 is 0.940. The van der Waals surface area contributed by atoms with Gasteiger partial charge in [-0.1, -0.05) is 12.5 Å². The average Bonchev–Trinajstić information content (AvgIpc) is 2.29. The highest BCUT2D eigenvalue weighted by molar-refractivity contribution is 9.10. The van der Waals surface area contributed by atoms with E-state index in [9.17, 15) is 4.79 Å². The van der Waals surface area contributed by atoms with Crippen molar-refractivity contribution in [2.75, 3.05) is 11.9 Å². The molecule has 0 aliphatic carbocycles. The zero-order valence-corrected chi connectivity index (χ0v) is 12.6. The Morgan fingerprint density at radius 1 is 1.28 bits per heavy atom. The number of halogens is 1. The summed E-state index contributed by atoms with van der Waals surface area (Å²) in [6.07, 6.45) is 3.45. The lowest BCUT2D eigenvalue weighted by atomic mass is 10.1. The molecule has 0 aliphatic rings. The van der Waals surface area contributed by atoms with Crippen LogP contribution in [0.2, 0.25) is 0 Å². The first-order chi connectivity index (χ1) is 8.54. The second-order valence-corrected chi connectivity index (χ2v) is 5.44. The van der Waals surface area contributed by atoms with E-state index in [1.165, 1.54) is 5.56 Å². The molecule has 4 heteroatoms. The highest BCUT2D eigenvalue weighted by Crippen LogP contribution is 2.27. The van der Waals surface area contributed by atoms with Crippen LogP contribution < -0.4 is 11.1 Å².